The fraction of sp³-hybridized carbons (Fsp3) is 0.143. The van der Waals surface area contributed by atoms with Gasteiger partial charge in [0.25, 0.3) is 5.69 Å². The molecular weight excluding hydrogens is 260 g/mol. The molecule has 0 spiro atoms. The van der Waals surface area contributed by atoms with E-state index in [9.17, 15) is 10.1 Å². The number of rotatable bonds is 4. The maximum absolute atomic E-state index is 10.5. The van der Waals surface area contributed by atoms with E-state index >= 15 is 0 Å². The fourth-order valence-electron chi connectivity index (χ4n) is 1.40. The highest BCUT2D eigenvalue weighted by Gasteiger charge is 2.10. The second kappa shape index (κ2) is 8.49. The molecule has 2 aromatic carbocycles. The maximum Gasteiger partial charge on any atom is 0.292 e. The van der Waals surface area contributed by atoms with Gasteiger partial charge in [-0.15, -0.1) is 0 Å². The Kier molecular flexibility index (Phi) is 6.56. The zero-order chi connectivity index (χ0) is 14.8. The molecule has 0 unspecified atom stereocenters. The predicted molar refractivity (Wildman–Crippen MR) is 76.8 cm³/mol. The van der Waals surface area contributed by atoms with Gasteiger partial charge in [0.1, 0.15) is 11.4 Å². The van der Waals surface area contributed by atoms with Crippen molar-refractivity contribution in [1.29, 1.82) is 0 Å². The number of para-hydroxylation sites is 3. The van der Waals surface area contributed by atoms with E-state index in [0.29, 0.717) is 18.0 Å². The van der Waals surface area contributed by atoms with Crippen LogP contribution in [-0.4, -0.2) is 28.3 Å². The van der Waals surface area contributed by atoms with Crippen LogP contribution in [0.15, 0.2) is 54.6 Å². The minimum Gasteiger partial charge on any atom is -0.508 e. The Morgan fingerprint density at radius 2 is 1.65 bits per heavy atom. The van der Waals surface area contributed by atoms with E-state index in [4.69, 9.17) is 10.2 Å². The topological polar surface area (TPSA) is 95.6 Å². The summed E-state index contributed by atoms with van der Waals surface area (Å²) in [5.74, 6) is 0.322. The van der Waals surface area contributed by atoms with Gasteiger partial charge in [0.2, 0.25) is 0 Å². The van der Waals surface area contributed by atoms with Gasteiger partial charge in [-0.05, 0) is 18.2 Å². The van der Waals surface area contributed by atoms with Crippen molar-refractivity contribution in [2.75, 3.05) is 18.5 Å². The molecule has 0 fully saturated rings. The molecule has 106 valence electrons. The second-order valence-corrected chi connectivity index (χ2v) is 3.76. The number of benzene rings is 2. The number of aliphatic hydroxyl groups is 1. The van der Waals surface area contributed by atoms with Crippen LogP contribution in [0.3, 0.4) is 0 Å². The molecule has 0 saturated carbocycles. The van der Waals surface area contributed by atoms with Crippen molar-refractivity contribution in [1.82, 2.24) is 0 Å². The van der Waals surface area contributed by atoms with Crippen LogP contribution in [0.4, 0.5) is 11.4 Å². The molecule has 20 heavy (non-hydrogen) atoms. The molecule has 0 bridgehead atoms. The molecule has 2 rings (SSSR count). The zero-order valence-corrected chi connectivity index (χ0v) is 10.8. The van der Waals surface area contributed by atoms with Crippen LogP contribution >= 0.6 is 0 Å². The average Bonchev–Trinajstić information content (AvgIpc) is 2.47. The monoisotopic (exact) mass is 276 g/mol. The first-order valence-corrected chi connectivity index (χ1v) is 5.97. The van der Waals surface area contributed by atoms with Gasteiger partial charge >= 0.3 is 0 Å². The minimum absolute atomic E-state index is 0.0240. The summed E-state index contributed by atoms with van der Waals surface area (Å²) in [6, 6.07) is 15.0. The number of nitrogens with zero attached hydrogens (tertiary/aromatic N) is 1. The molecule has 0 radical (unpaired) electrons. The van der Waals surface area contributed by atoms with Gasteiger partial charge in [0, 0.05) is 12.6 Å². The van der Waals surface area contributed by atoms with Crippen molar-refractivity contribution in [3.05, 3.63) is 64.7 Å². The number of hydrogen-bond acceptors (Lipinski definition) is 5. The summed E-state index contributed by atoms with van der Waals surface area (Å²) >= 11 is 0. The summed E-state index contributed by atoms with van der Waals surface area (Å²) in [6.45, 7) is 0.261. The number of nitro groups is 1. The zero-order valence-electron chi connectivity index (χ0n) is 10.8. The quantitative estimate of drug-likeness (QED) is 0.588. The second-order valence-electron chi connectivity index (χ2n) is 3.76. The van der Waals surface area contributed by atoms with Gasteiger partial charge in [0.05, 0.1) is 11.5 Å². The van der Waals surface area contributed by atoms with Crippen molar-refractivity contribution >= 4 is 11.4 Å². The van der Waals surface area contributed by atoms with Gasteiger partial charge in [0.15, 0.2) is 0 Å². The number of phenols is 1. The number of anilines is 1. The van der Waals surface area contributed by atoms with E-state index < -0.39 is 4.92 Å². The van der Waals surface area contributed by atoms with Crippen LogP contribution in [0.1, 0.15) is 0 Å². The Hall–Kier alpha value is -2.60. The lowest BCUT2D eigenvalue weighted by Gasteiger charge is -2.03. The van der Waals surface area contributed by atoms with Gasteiger partial charge in [-0.1, -0.05) is 30.3 Å². The molecule has 0 aliphatic rings. The van der Waals surface area contributed by atoms with Crippen LogP contribution < -0.4 is 5.32 Å². The standard InChI is InChI=1S/C8H10N2O3.C6H6O/c11-6-5-9-7-3-1-2-4-8(7)10(12)13;7-6-4-2-1-3-5-6/h1-4,9,11H,5-6H2;1-5,7H. The highest BCUT2D eigenvalue weighted by atomic mass is 16.6. The first-order chi connectivity index (χ1) is 9.65. The number of aromatic hydroxyl groups is 1. The molecular formula is C14H16N2O4. The smallest absolute Gasteiger partial charge is 0.292 e. The van der Waals surface area contributed by atoms with E-state index in [1.807, 2.05) is 6.07 Å². The number of phenolic OH excluding ortho intramolecular Hbond substituents is 1. The summed E-state index contributed by atoms with van der Waals surface area (Å²) in [6.07, 6.45) is 0. The van der Waals surface area contributed by atoms with Gasteiger partial charge < -0.3 is 15.5 Å². The molecule has 0 aliphatic heterocycles. The Morgan fingerprint density at radius 3 is 2.15 bits per heavy atom. The van der Waals surface area contributed by atoms with E-state index in [2.05, 4.69) is 5.32 Å². The highest BCUT2D eigenvalue weighted by molar-refractivity contribution is 5.60. The molecule has 0 aromatic heterocycles. The summed E-state index contributed by atoms with van der Waals surface area (Å²) in [5, 5.41) is 30.4. The van der Waals surface area contributed by atoms with Gasteiger partial charge in [-0.2, -0.15) is 0 Å². The van der Waals surface area contributed by atoms with Crippen molar-refractivity contribution in [3.63, 3.8) is 0 Å². The van der Waals surface area contributed by atoms with Crippen molar-refractivity contribution < 1.29 is 15.1 Å². The molecule has 0 amide bonds. The summed E-state index contributed by atoms with van der Waals surface area (Å²) in [5.41, 5.74) is 0.456. The van der Waals surface area contributed by atoms with Gasteiger partial charge in [-0.25, -0.2) is 0 Å². The number of hydrogen-bond donors (Lipinski definition) is 3. The van der Waals surface area contributed by atoms with Gasteiger partial charge in [-0.3, -0.25) is 10.1 Å². The molecule has 0 aliphatic carbocycles. The normalized spacial score (nSPS) is 9.25. The first kappa shape index (κ1) is 15.5. The largest absolute Gasteiger partial charge is 0.508 e. The Bertz CT molecular complexity index is 532. The van der Waals surface area contributed by atoms with Crippen LogP contribution in [-0.2, 0) is 0 Å². The highest BCUT2D eigenvalue weighted by Crippen LogP contribution is 2.22. The fourth-order valence-corrected chi connectivity index (χ4v) is 1.40. The summed E-state index contributed by atoms with van der Waals surface area (Å²) in [4.78, 5) is 10.0. The van der Waals surface area contributed by atoms with Crippen LogP contribution in [0, 0.1) is 10.1 Å². The number of aliphatic hydroxyl groups excluding tert-OH is 1. The third kappa shape index (κ3) is 5.36. The Balaban J connectivity index is 0.000000240. The van der Waals surface area contributed by atoms with E-state index in [-0.39, 0.29) is 12.3 Å². The third-order valence-electron chi connectivity index (χ3n) is 2.28. The van der Waals surface area contributed by atoms with E-state index in [1.54, 1.807) is 42.5 Å². The van der Waals surface area contributed by atoms with Crippen molar-refractivity contribution in [3.8, 4) is 5.75 Å². The van der Waals surface area contributed by atoms with Crippen LogP contribution in [0.25, 0.3) is 0 Å². The van der Waals surface area contributed by atoms with Crippen LogP contribution in [0.2, 0.25) is 0 Å². The molecule has 0 atom stereocenters. The minimum atomic E-state index is -0.459. The molecule has 3 N–H and O–H groups in total. The molecule has 0 heterocycles. The van der Waals surface area contributed by atoms with Crippen molar-refractivity contribution in [2.45, 2.75) is 0 Å². The molecule has 0 saturated heterocycles. The lowest BCUT2D eigenvalue weighted by atomic mass is 10.2. The Morgan fingerprint density at radius 1 is 1.05 bits per heavy atom. The third-order valence-corrected chi connectivity index (χ3v) is 2.28. The molecule has 6 nitrogen and oxygen atoms in total. The Labute approximate surface area is 116 Å². The van der Waals surface area contributed by atoms with Crippen molar-refractivity contribution in [2.24, 2.45) is 0 Å². The molecule has 6 heteroatoms. The SMILES string of the molecule is O=[N+]([O-])c1ccccc1NCCO.Oc1ccccc1. The average molecular weight is 276 g/mol. The number of nitro benzene ring substituents is 1. The van der Waals surface area contributed by atoms with E-state index in [0.717, 1.165) is 0 Å². The lowest BCUT2D eigenvalue weighted by Crippen LogP contribution is -2.07. The molecule has 2 aromatic rings. The maximum atomic E-state index is 10.5. The summed E-state index contributed by atoms with van der Waals surface area (Å²) < 4.78 is 0. The summed E-state index contributed by atoms with van der Waals surface area (Å²) in [7, 11) is 0. The first-order valence-electron chi connectivity index (χ1n) is 5.97. The van der Waals surface area contributed by atoms with Crippen LogP contribution in [0.5, 0.6) is 5.75 Å². The number of nitrogens with one attached hydrogen (secondary N) is 1. The predicted octanol–water partition coefficient (Wildman–Crippen LogP) is 2.39. The lowest BCUT2D eigenvalue weighted by molar-refractivity contribution is -0.384. The van der Waals surface area contributed by atoms with E-state index in [1.165, 1.54) is 6.07 Å².